The molecule has 4 aromatic rings. The van der Waals surface area contributed by atoms with Gasteiger partial charge in [0.25, 0.3) is 0 Å². The Bertz CT molecular complexity index is 1150. The molecular formula is C28H25NS. The highest BCUT2D eigenvalue weighted by Crippen LogP contribution is 2.51. The third kappa shape index (κ3) is 3.42. The van der Waals surface area contributed by atoms with Crippen molar-refractivity contribution in [1.29, 1.82) is 0 Å². The summed E-state index contributed by atoms with van der Waals surface area (Å²) in [5.74, 6) is 0.354. The van der Waals surface area contributed by atoms with E-state index in [-0.39, 0.29) is 6.04 Å². The molecule has 4 aromatic carbocycles. The molecule has 2 unspecified atom stereocenters. The van der Waals surface area contributed by atoms with Crippen LogP contribution in [0.15, 0.2) is 113 Å². The Kier molecular flexibility index (Phi) is 5.10. The molecule has 5 rings (SSSR count). The van der Waals surface area contributed by atoms with Gasteiger partial charge in [0.2, 0.25) is 0 Å². The van der Waals surface area contributed by atoms with Crippen molar-refractivity contribution in [2.24, 2.45) is 0 Å². The van der Waals surface area contributed by atoms with Crippen LogP contribution in [0.4, 0.5) is 11.4 Å². The topological polar surface area (TPSA) is 3.24 Å². The molecule has 1 aliphatic rings. The normalized spacial score (nSPS) is 14.5. The predicted octanol–water partition coefficient (Wildman–Crippen LogP) is 8.20. The Morgan fingerprint density at radius 3 is 1.90 bits per heavy atom. The summed E-state index contributed by atoms with van der Waals surface area (Å²) in [4.78, 5) is 5.15. The molecule has 2 atom stereocenters. The zero-order chi connectivity index (χ0) is 20.5. The molecule has 0 radical (unpaired) electrons. The second-order valence-electron chi connectivity index (χ2n) is 7.89. The molecule has 0 aromatic heterocycles. The highest BCUT2D eigenvalue weighted by atomic mass is 32.2. The van der Waals surface area contributed by atoms with Crippen molar-refractivity contribution < 1.29 is 0 Å². The molecule has 0 saturated carbocycles. The van der Waals surface area contributed by atoms with Gasteiger partial charge in [-0.3, -0.25) is 0 Å². The minimum Gasteiger partial charge on any atom is -0.332 e. The lowest BCUT2D eigenvalue weighted by Crippen LogP contribution is -2.24. The summed E-state index contributed by atoms with van der Waals surface area (Å²) < 4.78 is 0. The first-order valence-corrected chi connectivity index (χ1v) is 11.3. The van der Waals surface area contributed by atoms with Crippen LogP contribution in [0.1, 0.15) is 42.5 Å². The van der Waals surface area contributed by atoms with Gasteiger partial charge in [0, 0.05) is 15.7 Å². The highest BCUT2D eigenvalue weighted by Gasteiger charge is 2.28. The van der Waals surface area contributed by atoms with Crippen LogP contribution >= 0.6 is 11.8 Å². The number of anilines is 2. The molecule has 0 bridgehead atoms. The molecule has 0 amide bonds. The maximum Gasteiger partial charge on any atom is 0.0564 e. The van der Waals surface area contributed by atoms with Crippen molar-refractivity contribution in [3.63, 3.8) is 0 Å². The van der Waals surface area contributed by atoms with E-state index in [4.69, 9.17) is 0 Å². The first-order chi connectivity index (χ1) is 14.7. The number of fused-ring (bicyclic) bond motifs is 2. The zero-order valence-corrected chi connectivity index (χ0v) is 18.1. The fourth-order valence-corrected chi connectivity index (χ4v) is 5.35. The molecule has 148 valence electrons. The van der Waals surface area contributed by atoms with Gasteiger partial charge in [-0.1, -0.05) is 97.5 Å². The largest absolute Gasteiger partial charge is 0.332 e. The Labute approximate surface area is 183 Å². The SMILES string of the molecule is CC(c1ccccc1)c1ccc2c(c1)N(C(C)c1ccccc1)c1ccccc1S2. The lowest BCUT2D eigenvalue weighted by atomic mass is 9.92. The van der Waals surface area contributed by atoms with Gasteiger partial charge in [0.15, 0.2) is 0 Å². The number of hydrogen-bond donors (Lipinski definition) is 0. The van der Waals surface area contributed by atoms with Gasteiger partial charge in [-0.05, 0) is 47.9 Å². The summed E-state index contributed by atoms with van der Waals surface area (Å²) in [5, 5.41) is 0. The van der Waals surface area contributed by atoms with E-state index in [1.54, 1.807) is 0 Å². The third-order valence-electron chi connectivity index (χ3n) is 6.06. The first-order valence-electron chi connectivity index (χ1n) is 10.5. The van der Waals surface area contributed by atoms with Crippen LogP contribution in [0.2, 0.25) is 0 Å². The summed E-state index contributed by atoms with van der Waals surface area (Å²) in [6.45, 7) is 4.60. The number of benzene rings is 4. The molecule has 0 saturated heterocycles. The first kappa shape index (κ1) is 19.0. The minimum atomic E-state index is 0.245. The van der Waals surface area contributed by atoms with Gasteiger partial charge >= 0.3 is 0 Å². The van der Waals surface area contributed by atoms with Crippen LogP contribution in [0.25, 0.3) is 0 Å². The summed E-state index contributed by atoms with van der Waals surface area (Å²) in [6, 6.07) is 37.6. The predicted molar refractivity (Wildman–Crippen MR) is 128 cm³/mol. The lowest BCUT2D eigenvalue weighted by molar-refractivity contribution is 0.756. The molecule has 30 heavy (non-hydrogen) atoms. The van der Waals surface area contributed by atoms with Gasteiger partial charge in [-0.15, -0.1) is 0 Å². The van der Waals surface area contributed by atoms with Crippen LogP contribution in [0.3, 0.4) is 0 Å². The second kappa shape index (κ2) is 8.04. The Morgan fingerprint density at radius 2 is 1.17 bits per heavy atom. The molecule has 0 N–H and O–H groups in total. The van der Waals surface area contributed by atoms with E-state index in [0.717, 1.165) is 0 Å². The fraction of sp³-hybridized carbons (Fsp3) is 0.143. The number of rotatable bonds is 4. The van der Waals surface area contributed by atoms with E-state index in [2.05, 4.69) is 122 Å². The van der Waals surface area contributed by atoms with Crippen molar-refractivity contribution in [3.05, 3.63) is 120 Å². The van der Waals surface area contributed by atoms with Gasteiger partial charge in [0.1, 0.15) is 0 Å². The van der Waals surface area contributed by atoms with E-state index in [1.807, 2.05) is 11.8 Å². The number of para-hydroxylation sites is 1. The van der Waals surface area contributed by atoms with E-state index < -0.39 is 0 Å². The minimum absolute atomic E-state index is 0.245. The average molecular weight is 408 g/mol. The summed E-state index contributed by atoms with van der Waals surface area (Å²) in [6.07, 6.45) is 0. The summed E-state index contributed by atoms with van der Waals surface area (Å²) >= 11 is 1.87. The molecule has 1 nitrogen and oxygen atoms in total. The Hall–Kier alpha value is -2.97. The summed E-state index contributed by atoms with van der Waals surface area (Å²) in [7, 11) is 0. The van der Waals surface area contributed by atoms with E-state index in [1.165, 1.54) is 37.9 Å². The van der Waals surface area contributed by atoms with Crippen molar-refractivity contribution in [3.8, 4) is 0 Å². The van der Waals surface area contributed by atoms with Crippen LogP contribution in [0, 0.1) is 0 Å². The third-order valence-corrected chi connectivity index (χ3v) is 7.19. The van der Waals surface area contributed by atoms with E-state index in [9.17, 15) is 0 Å². The maximum absolute atomic E-state index is 2.51. The molecular weight excluding hydrogens is 382 g/mol. The summed E-state index contributed by atoms with van der Waals surface area (Å²) in [5.41, 5.74) is 6.62. The van der Waals surface area contributed by atoms with Crippen molar-refractivity contribution in [2.45, 2.75) is 35.6 Å². The second-order valence-corrected chi connectivity index (χ2v) is 8.97. The fourth-order valence-electron chi connectivity index (χ4n) is 4.30. The monoisotopic (exact) mass is 407 g/mol. The quantitative estimate of drug-likeness (QED) is 0.335. The smallest absolute Gasteiger partial charge is 0.0564 e. The number of nitrogens with zero attached hydrogens (tertiary/aromatic N) is 1. The van der Waals surface area contributed by atoms with E-state index >= 15 is 0 Å². The van der Waals surface area contributed by atoms with Crippen molar-refractivity contribution in [1.82, 2.24) is 0 Å². The Balaban J connectivity index is 1.62. The maximum atomic E-state index is 2.51. The zero-order valence-electron chi connectivity index (χ0n) is 17.3. The molecule has 0 fully saturated rings. The molecule has 1 aliphatic heterocycles. The van der Waals surface area contributed by atoms with Crippen molar-refractivity contribution in [2.75, 3.05) is 4.90 Å². The Morgan fingerprint density at radius 1 is 0.567 bits per heavy atom. The molecule has 0 spiro atoms. The van der Waals surface area contributed by atoms with Crippen LogP contribution in [-0.4, -0.2) is 0 Å². The standard InChI is InChI=1S/C28H25NS/c1-20(22-11-5-3-6-12-22)24-17-18-28-26(19-24)29(21(2)23-13-7-4-8-14-23)25-15-9-10-16-27(25)30-28/h3-21H,1-2H3. The number of hydrogen-bond acceptors (Lipinski definition) is 2. The van der Waals surface area contributed by atoms with E-state index in [0.29, 0.717) is 5.92 Å². The van der Waals surface area contributed by atoms with Crippen LogP contribution in [-0.2, 0) is 0 Å². The van der Waals surface area contributed by atoms with Crippen molar-refractivity contribution >= 4 is 23.1 Å². The molecule has 0 aliphatic carbocycles. The van der Waals surface area contributed by atoms with Crippen LogP contribution in [0.5, 0.6) is 0 Å². The van der Waals surface area contributed by atoms with Gasteiger partial charge < -0.3 is 4.90 Å². The lowest BCUT2D eigenvalue weighted by Gasteiger charge is -2.38. The highest BCUT2D eigenvalue weighted by molar-refractivity contribution is 7.99. The molecule has 2 heteroatoms. The van der Waals surface area contributed by atoms with Gasteiger partial charge in [-0.2, -0.15) is 0 Å². The van der Waals surface area contributed by atoms with Crippen LogP contribution < -0.4 is 4.90 Å². The van der Waals surface area contributed by atoms with Gasteiger partial charge in [0.05, 0.1) is 17.4 Å². The average Bonchev–Trinajstić information content (AvgIpc) is 2.82. The van der Waals surface area contributed by atoms with Gasteiger partial charge in [-0.25, -0.2) is 0 Å². The molecule has 1 heterocycles.